The quantitative estimate of drug-likeness (QED) is 0.663. The van der Waals surface area contributed by atoms with Crippen molar-refractivity contribution in [1.82, 2.24) is 4.98 Å². The van der Waals surface area contributed by atoms with Crippen molar-refractivity contribution in [3.63, 3.8) is 0 Å². The molecule has 3 aromatic rings. The van der Waals surface area contributed by atoms with Crippen molar-refractivity contribution in [3.05, 3.63) is 89.1 Å². The van der Waals surface area contributed by atoms with Crippen molar-refractivity contribution < 1.29 is 5.11 Å². The number of halogens is 1. The third kappa shape index (κ3) is 3.67. The van der Waals surface area contributed by atoms with Gasteiger partial charge >= 0.3 is 0 Å². The molecule has 3 rings (SSSR count). The Bertz CT molecular complexity index is 886. The largest absolute Gasteiger partial charge is 0.384 e. The number of rotatable bonds is 4. The summed E-state index contributed by atoms with van der Waals surface area (Å²) in [7, 11) is 0. The zero-order chi connectivity index (χ0) is 16.2. The molecule has 23 heavy (non-hydrogen) atoms. The number of aromatic nitrogens is 1. The van der Waals surface area contributed by atoms with Crippen LogP contribution in [0, 0.1) is 0 Å². The summed E-state index contributed by atoms with van der Waals surface area (Å²) in [5.74, 6) is 0. The standard InChI is InChI=1S/C20H16ClNO/c1-2-20(23)16-5-3-4-14(12-16)6-10-18-11-8-15-7-9-17(21)13-19(15)22-18/h2-13,20,23H,1H2/b10-6+/t20-/m0/s1. The van der Waals surface area contributed by atoms with Gasteiger partial charge in [-0.25, -0.2) is 4.98 Å². The SMILES string of the molecule is C=C[C@H](O)c1cccc(/C=C/c2ccc3ccc(Cl)cc3n2)c1. The van der Waals surface area contributed by atoms with Gasteiger partial charge in [0.1, 0.15) is 0 Å². The molecule has 0 aliphatic carbocycles. The van der Waals surface area contributed by atoms with Crippen LogP contribution in [-0.4, -0.2) is 10.1 Å². The molecule has 0 aliphatic rings. The van der Waals surface area contributed by atoms with Crippen LogP contribution in [0.3, 0.4) is 0 Å². The maximum Gasteiger partial charge on any atom is 0.0969 e. The van der Waals surface area contributed by atoms with E-state index >= 15 is 0 Å². The maximum atomic E-state index is 9.82. The van der Waals surface area contributed by atoms with E-state index in [1.54, 1.807) is 0 Å². The lowest BCUT2D eigenvalue weighted by atomic mass is 10.1. The van der Waals surface area contributed by atoms with E-state index in [9.17, 15) is 5.11 Å². The molecule has 0 saturated heterocycles. The first-order valence-electron chi connectivity index (χ1n) is 7.31. The highest BCUT2D eigenvalue weighted by molar-refractivity contribution is 6.31. The van der Waals surface area contributed by atoms with E-state index in [-0.39, 0.29) is 0 Å². The highest BCUT2D eigenvalue weighted by Gasteiger charge is 2.02. The highest BCUT2D eigenvalue weighted by Crippen LogP contribution is 2.20. The van der Waals surface area contributed by atoms with E-state index in [0.29, 0.717) is 5.02 Å². The molecular weight excluding hydrogens is 306 g/mol. The monoisotopic (exact) mass is 321 g/mol. The second-order valence-electron chi connectivity index (χ2n) is 5.26. The van der Waals surface area contributed by atoms with Gasteiger partial charge in [0.2, 0.25) is 0 Å². The Hall–Kier alpha value is -2.42. The van der Waals surface area contributed by atoms with Gasteiger partial charge in [-0.1, -0.05) is 54.1 Å². The molecule has 1 atom stereocenters. The minimum atomic E-state index is -0.649. The van der Waals surface area contributed by atoms with Gasteiger partial charge in [0.25, 0.3) is 0 Å². The molecule has 0 fully saturated rings. The van der Waals surface area contributed by atoms with Gasteiger partial charge in [-0.05, 0) is 41.5 Å². The molecule has 2 nitrogen and oxygen atoms in total. The van der Waals surface area contributed by atoms with Crippen molar-refractivity contribution in [1.29, 1.82) is 0 Å². The van der Waals surface area contributed by atoms with Gasteiger partial charge < -0.3 is 5.11 Å². The van der Waals surface area contributed by atoms with Gasteiger partial charge in [-0.2, -0.15) is 0 Å². The smallest absolute Gasteiger partial charge is 0.0969 e. The van der Waals surface area contributed by atoms with Crippen LogP contribution in [0.5, 0.6) is 0 Å². The minimum absolute atomic E-state index is 0.649. The molecule has 0 unspecified atom stereocenters. The van der Waals surface area contributed by atoms with Crippen LogP contribution in [0.1, 0.15) is 22.9 Å². The number of nitrogens with zero attached hydrogens (tertiary/aromatic N) is 1. The molecule has 0 radical (unpaired) electrons. The molecule has 2 aromatic carbocycles. The second kappa shape index (κ2) is 6.78. The predicted octanol–water partition coefficient (Wildman–Crippen LogP) is 5.28. The Morgan fingerprint density at radius 2 is 1.87 bits per heavy atom. The van der Waals surface area contributed by atoms with Crippen molar-refractivity contribution >= 4 is 34.7 Å². The summed E-state index contributed by atoms with van der Waals surface area (Å²) in [6.45, 7) is 3.61. The molecule has 1 aromatic heterocycles. The minimum Gasteiger partial charge on any atom is -0.384 e. The lowest BCUT2D eigenvalue weighted by Crippen LogP contribution is -1.92. The van der Waals surface area contributed by atoms with E-state index in [2.05, 4.69) is 11.6 Å². The first-order valence-corrected chi connectivity index (χ1v) is 7.68. The molecule has 1 N–H and O–H groups in total. The molecule has 0 aliphatic heterocycles. The summed E-state index contributed by atoms with van der Waals surface area (Å²) in [4.78, 5) is 4.59. The topological polar surface area (TPSA) is 33.1 Å². The first-order chi connectivity index (χ1) is 11.2. The summed E-state index contributed by atoms with van der Waals surface area (Å²) in [5.41, 5.74) is 3.54. The van der Waals surface area contributed by atoms with E-state index in [0.717, 1.165) is 27.7 Å². The van der Waals surface area contributed by atoms with E-state index in [1.165, 1.54) is 6.08 Å². The molecule has 0 amide bonds. The third-order valence-electron chi connectivity index (χ3n) is 3.60. The van der Waals surface area contributed by atoms with Crippen molar-refractivity contribution in [2.45, 2.75) is 6.10 Å². The third-order valence-corrected chi connectivity index (χ3v) is 3.83. The number of fused-ring (bicyclic) bond motifs is 1. The van der Waals surface area contributed by atoms with Gasteiger partial charge in [0, 0.05) is 10.4 Å². The average molecular weight is 322 g/mol. The molecule has 1 heterocycles. The Morgan fingerprint density at radius 3 is 2.70 bits per heavy atom. The van der Waals surface area contributed by atoms with Gasteiger partial charge in [0.15, 0.2) is 0 Å². The molecule has 0 spiro atoms. The lowest BCUT2D eigenvalue weighted by Gasteiger charge is -2.06. The molecular formula is C20H16ClNO. The molecule has 114 valence electrons. The normalized spacial score (nSPS) is 12.6. The van der Waals surface area contributed by atoms with E-state index in [4.69, 9.17) is 11.6 Å². The summed E-state index contributed by atoms with van der Waals surface area (Å²) >= 11 is 6.01. The maximum absolute atomic E-state index is 9.82. The number of hydrogen-bond donors (Lipinski definition) is 1. The number of pyridine rings is 1. The summed E-state index contributed by atoms with van der Waals surface area (Å²) in [6, 6.07) is 17.4. The number of hydrogen-bond acceptors (Lipinski definition) is 2. The summed E-state index contributed by atoms with van der Waals surface area (Å²) in [5, 5.41) is 11.6. The lowest BCUT2D eigenvalue weighted by molar-refractivity contribution is 0.229. The van der Waals surface area contributed by atoms with Crippen LogP contribution in [0.15, 0.2) is 67.3 Å². The summed E-state index contributed by atoms with van der Waals surface area (Å²) < 4.78 is 0. The van der Waals surface area contributed by atoms with Crippen LogP contribution < -0.4 is 0 Å². The molecule has 3 heteroatoms. The Balaban J connectivity index is 1.89. The van der Waals surface area contributed by atoms with Gasteiger partial charge in [0.05, 0.1) is 17.3 Å². The van der Waals surface area contributed by atoms with Crippen LogP contribution in [0.2, 0.25) is 5.02 Å². The fourth-order valence-corrected chi connectivity index (χ4v) is 2.53. The van der Waals surface area contributed by atoms with Crippen LogP contribution in [-0.2, 0) is 0 Å². The second-order valence-corrected chi connectivity index (χ2v) is 5.69. The van der Waals surface area contributed by atoms with Gasteiger partial charge in [-0.3, -0.25) is 0 Å². The first kappa shape index (κ1) is 15.5. The van der Waals surface area contributed by atoms with Gasteiger partial charge in [-0.15, -0.1) is 6.58 Å². The van der Waals surface area contributed by atoms with Crippen molar-refractivity contribution in [3.8, 4) is 0 Å². The van der Waals surface area contributed by atoms with Crippen LogP contribution >= 0.6 is 11.6 Å². The van der Waals surface area contributed by atoms with Crippen molar-refractivity contribution in [2.75, 3.05) is 0 Å². The van der Waals surface area contributed by atoms with E-state index in [1.807, 2.05) is 66.7 Å². The van der Waals surface area contributed by atoms with Crippen LogP contribution in [0.25, 0.3) is 23.1 Å². The summed E-state index contributed by atoms with van der Waals surface area (Å²) in [6.07, 6.45) is 4.78. The number of aliphatic hydroxyl groups is 1. The Kier molecular flexibility index (Phi) is 4.56. The highest BCUT2D eigenvalue weighted by atomic mass is 35.5. The molecule has 0 saturated carbocycles. The fourth-order valence-electron chi connectivity index (χ4n) is 2.36. The van der Waals surface area contributed by atoms with Crippen molar-refractivity contribution in [2.24, 2.45) is 0 Å². The zero-order valence-corrected chi connectivity index (χ0v) is 13.2. The average Bonchev–Trinajstić information content (AvgIpc) is 2.59. The predicted molar refractivity (Wildman–Crippen MR) is 97.3 cm³/mol. The molecule has 0 bridgehead atoms. The zero-order valence-electron chi connectivity index (χ0n) is 12.5. The fraction of sp³-hybridized carbons (Fsp3) is 0.0500. The van der Waals surface area contributed by atoms with E-state index < -0.39 is 6.10 Å². The Morgan fingerprint density at radius 1 is 1.04 bits per heavy atom. The van der Waals surface area contributed by atoms with Crippen LogP contribution in [0.4, 0.5) is 0 Å². The number of aliphatic hydroxyl groups excluding tert-OH is 1. The Labute approximate surface area is 140 Å². The number of benzene rings is 2.